The van der Waals surface area contributed by atoms with E-state index in [1.165, 1.54) is 24.3 Å². The van der Waals surface area contributed by atoms with Gasteiger partial charge in [-0.25, -0.2) is 13.2 Å². The minimum atomic E-state index is -3.47. The average Bonchev–Trinajstić information content (AvgIpc) is 2.81. The van der Waals surface area contributed by atoms with Gasteiger partial charge >= 0.3 is 5.97 Å². The van der Waals surface area contributed by atoms with Crippen LogP contribution in [0.4, 0.5) is 5.69 Å². The molecule has 2 rings (SSSR count). The lowest BCUT2D eigenvalue weighted by Gasteiger charge is -2.12. The van der Waals surface area contributed by atoms with E-state index in [1.807, 2.05) is 0 Å². The van der Waals surface area contributed by atoms with Crippen molar-refractivity contribution in [2.45, 2.75) is 18.9 Å². The number of rotatable bonds is 5. The second kappa shape index (κ2) is 5.58. The molecule has 0 saturated carbocycles. The van der Waals surface area contributed by atoms with Crippen LogP contribution in [0.3, 0.4) is 0 Å². The zero-order valence-electron chi connectivity index (χ0n) is 10.2. The van der Waals surface area contributed by atoms with Crippen molar-refractivity contribution in [3.05, 3.63) is 29.8 Å². The Hall–Kier alpha value is -1.60. The van der Waals surface area contributed by atoms with Crippen LogP contribution in [0.15, 0.2) is 24.3 Å². The van der Waals surface area contributed by atoms with Crippen LogP contribution in [-0.4, -0.2) is 38.0 Å². The van der Waals surface area contributed by atoms with E-state index in [0.717, 1.165) is 12.8 Å². The number of carboxylic acid groups (broad SMARTS) is 1. The molecule has 1 unspecified atom stereocenters. The lowest BCUT2D eigenvalue weighted by molar-refractivity contribution is 0.0697. The molecule has 1 fully saturated rings. The van der Waals surface area contributed by atoms with Gasteiger partial charge < -0.3 is 9.84 Å². The standard InChI is InChI=1S/C12H15NO5S/c14-12(15)9-3-5-10(6-4-9)13-19(16,17)8-11-2-1-7-18-11/h3-6,11,13H,1-2,7-8H2,(H,14,15). The summed E-state index contributed by atoms with van der Waals surface area (Å²) in [5.74, 6) is -1.12. The molecule has 6 nitrogen and oxygen atoms in total. The summed E-state index contributed by atoms with van der Waals surface area (Å²) in [6.45, 7) is 0.605. The SMILES string of the molecule is O=C(O)c1ccc(NS(=O)(=O)CC2CCCO2)cc1. The Balaban J connectivity index is 2.00. The zero-order chi connectivity index (χ0) is 13.9. The maximum absolute atomic E-state index is 11.9. The quantitative estimate of drug-likeness (QED) is 0.850. The molecule has 1 aliphatic heterocycles. The van der Waals surface area contributed by atoms with Crippen LogP contribution in [0.2, 0.25) is 0 Å². The molecule has 1 atom stereocenters. The lowest BCUT2D eigenvalue weighted by atomic mass is 10.2. The molecule has 7 heteroatoms. The van der Waals surface area contributed by atoms with E-state index in [-0.39, 0.29) is 17.4 Å². The fourth-order valence-electron chi connectivity index (χ4n) is 1.92. The van der Waals surface area contributed by atoms with Gasteiger partial charge in [0.25, 0.3) is 0 Å². The summed E-state index contributed by atoms with van der Waals surface area (Å²) in [4.78, 5) is 10.7. The van der Waals surface area contributed by atoms with Crippen molar-refractivity contribution in [3.8, 4) is 0 Å². The highest BCUT2D eigenvalue weighted by Gasteiger charge is 2.23. The van der Waals surface area contributed by atoms with Crippen LogP contribution in [-0.2, 0) is 14.8 Å². The summed E-state index contributed by atoms with van der Waals surface area (Å²) in [6.07, 6.45) is 1.38. The normalized spacial score (nSPS) is 19.3. The minimum Gasteiger partial charge on any atom is -0.478 e. The number of ether oxygens (including phenoxy) is 1. The van der Waals surface area contributed by atoms with E-state index in [2.05, 4.69) is 4.72 Å². The molecule has 0 bridgehead atoms. The molecule has 104 valence electrons. The first-order valence-electron chi connectivity index (χ1n) is 5.92. The Morgan fingerprint density at radius 3 is 2.58 bits per heavy atom. The number of hydrogen-bond acceptors (Lipinski definition) is 4. The summed E-state index contributed by atoms with van der Waals surface area (Å²) in [5.41, 5.74) is 0.463. The van der Waals surface area contributed by atoms with Crippen LogP contribution in [0.25, 0.3) is 0 Å². The van der Waals surface area contributed by atoms with Gasteiger partial charge in [0.15, 0.2) is 0 Å². The number of sulfonamides is 1. The van der Waals surface area contributed by atoms with Crippen molar-refractivity contribution in [3.63, 3.8) is 0 Å². The smallest absolute Gasteiger partial charge is 0.335 e. The number of carboxylic acids is 1. The fraction of sp³-hybridized carbons (Fsp3) is 0.417. The third kappa shape index (κ3) is 3.93. The lowest BCUT2D eigenvalue weighted by Crippen LogP contribution is -2.25. The van der Waals surface area contributed by atoms with Crippen LogP contribution < -0.4 is 4.72 Å². The van der Waals surface area contributed by atoms with Crippen molar-refractivity contribution in [2.75, 3.05) is 17.1 Å². The first-order valence-corrected chi connectivity index (χ1v) is 7.57. The molecule has 1 heterocycles. The Labute approximate surface area is 111 Å². The largest absolute Gasteiger partial charge is 0.478 e. The Morgan fingerprint density at radius 2 is 2.05 bits per heavy atom. The number of anilines is 1. The molecule has 0 spiro atoms. The van der Waals surface area contributed by atoms with Crippen LogP contribution >= 0.6 is 0 Å². The molecular weight excluding hydrogens is 270 g/mol. The summed E-state index contributed by atoms with van der Waals surface area (Å²) in [5, 5.41) is 8.74. The van der Waals surface area contributed by atoms with Gasteiger partial charge in [-0.05, 0) is 37.1 Å². The summed E-state index contributed by atoms with van der Waals surface area (Å²) in [7, 11) is -3.47. The van der Waals surface area contributed by atoms with Crippen molar-refractivity contribution in [1.82, 2.24) is 0 Å². The Kier molecular flexibility index (Phi) is 4.06. The molecule has 1 aromatic rings. The third-order valence-electron chi connectivity index (χ3n) is 2.83. The van der Waals surface area contributed by atoms with E-state index < -0.39 is 16.0 Å². The molecule has 0 aliphatic carbocycles. The molecular formula is C12H15NO5S. The average molecular weight is 285 g/mol. The highest BCUT2D eigenvalue weighted by molar-refractivity contribution is 7.92. The van der Waals surface area contributed by atoms with E-state index in [1.54, 1.807) is 0 Å². The van der Waals surface area contributed by atoms with Gasteiger partial charge in [0, 0.05) is 12.3 Å². The van der Waals surface area contributed by atoms with E-state index >= 15 is 0 Å². The molecule has 19 heavy (non-hydrogen) atoms. The van der Waals surface area contributed by atoms with Crippen LogP contribution in [0, 0.1) is 0 Å². The van der Waals surface area contributed by atoms with E-state index in [9.17, 15) is 13.2 Å². The second-order valence-corrected chi connectivity index (χ2v) is 6.17. The number of hydrogen-bond donors (Lipinski definition) is 2. The van der Waals surface area contributed by atoms with Gasteiger partial charge in [0.2, 0.25) is 10.0 Å². The molecule has 0 amide bonds. The van der Waals surface area contributed by atoms with Gasteiger partial charge in [-0.15, -0.1) is 0 Å². The monoisotopic (exact) mass is 285 g/mol. The van der Waals surface area contributed by atoms with Crippen molar-refractivity contribution in [2.24, 2.45) is 0 Å². The molecule has 1 saturated heterocycles. The van der Waals surface area contributed by atoms with Crippen molar-refractivity contribution >= 4 is 21.7 Å². The van der Waals surface area contributed by atoms with E-state index in [4.69, 9.17) is 9.84 Å². The van der Waals surface area contributed by atoms with Crippen LogP contribution in [0.5, 0.6) is 0 Å². The van der Waals surface area contributed by atoms with Gasteiger partial charge in [0.1, 0.15) is 0 Å². The molecule has 0 aromatic heterocycles. The number of carbonyl (C=O) groups is 1. The third-order valence-corrected chi connectivity index (χ3v) is 4.19. The van der Waals surface area contributed by atoms with Gasteiger partial charge in [-0.1, -0.05) is 0 Å². The number of benzene rings is 1. The Morgan fingerprint density at radius 1 is 1.37 bits per heavy atom. The maximum Gasteiger partial charge on any atom is 0.335 e. The van der Waals surface area contributed by atoms with E-state index in [0.29, 0.717) is 12.3 Å². The first-order chi connectivity index (χ1) is 8.96. The van der Waals surface area contributed by atoms with Crippen molar-refractivity contribution in [1.29, 1.82) is 0 Å². The van der Waals surface area contributed by atoms with Crippen molar-refractivity contribution < 1.29 is 23.1 Å². The summed E-state index contributed by atoms with van der Waals surface area (Å²) >= 11 is 0. The first kappa shape index (κ1) is 13.8. The molecule has 1 aromatic carbocycles. The predicted molar refractivity (Wildman–Crippen MR) is 69.8 cm³/mol. The number of nitrogens with one attached hydrogen (secondary N) is 1. The summed E-state index contributed by atoms with van der Waals surface area (Å²) in [6, 6.07) is 5.56. The molecule has 0 radical (unpaired) electrons. The summed E-state index contributed by atoms with van der Waals surface area (Å²) < 4.78 is 31.4. The zero-order valence-corrected chi connectivity index (χ0v) is 11.0. The fourth-order valence-corrected chi connectivity index (χ4v) is 3.25. The molecule has 2 N–H and O–H groups in total. The highest BCUT2D eigenvalue weighted by atomic mass is 32.2. The predicted octanol–water partition coefficient (Wildman–Crippen LogP) is 1.31. The topological polar surface area (TPSA) is 92.7 Å². The minimum absolute atomic E-state index is 0.0757. The highest BCUT2D eigenvalue weighted by Crippen LogP contribution is 2.16. The van der Waals surface area contributed by atoms with Gasteiger partial charge in [0.05, 0.1) is 17.4 Å². The Bertz CT molecular complexity index is 546. The molecule has 1 aliphatic rings. The van der Waals surface area contributed by atoms with Gasteiger partial charge in [-0.2, -0.15) is 0 Å². The van der Waals surface area contributed by atoms with Crippen LogP contribution in [0.1, 0.15) is 23.2 Å². The second-order valence-electron chi connectivity index (χ2n) is 4.40. The number of aromatic carboxylic acids is 1. The maximum atomic E-state index is 11.9. The van der Waals surface area contributed by atoms with Gasteiger partial charge in [-0.3, -0.25) is 4.72 Å².